The molecule has 0 saturated carbocycles. The van der Waals surface area contributed by atoms with E-state index in [0.29, 0.717) is 12.2 Å². The van der Waals surface area contributed by atoms with Gasteiger partial charge in [0.2, 0.25) is 6.39 Å². The highest BCUT2D eigenvalue weighted by atomic mass is 16.7. The molecule has 9 nitrogen and oxygen atoms in total. The summed E-state index contributed by atoms with van der Waals surface area (Å²) in [6.07, 6.45) is 1.59. The van der Waals surface area contributed by atoms with E-state index in [1.165, 1.54) is 6.39 Å². The molecule has 0 aliphatic carbocycles. The Balaban J connectivity index is 2.04. The molecule has 1 heterocycles. The van der Waals surface area contributed by atoms with Crippen molar-refractivity contribution >= 4 is 12.0 Å². The van der Waals surface area contributed by atoms with Gasteiger partial charge in [0.25, 0.3) is 0 Å². The molecule has 9 heteroatoms. The molecule has 1 aromatic heterocycles. The minimum absolute atomic E-state index is 0.280. The second kappa shape index (κ2) is 6.35. The largest absolute Gasteiger partial charge is 0.479 e. The number of carbonyl (C=O) groups excluding carboxylic acids is 1. The first kappa shape index (κ1) is 11.9. The number of hydrogen-bond donors (Lipinski definition) is 3. The van der Waals surface area contributed by atoms with Crippen molar-refractivity contribution in [3.05, 3.63) is 12.2 Å². The third-order valence-corrected chi connectivity index (χ3v) is 1.40. The van der Waals surface area contributed by atoms with Gasteiger partial charge in [-0.3, -0.25) is 4.84 Å². The number of aromatic nitrogens is 2. The Kier molecular flexibility index (Phi) is 4.73. The van der Waals surface area contributed by atoms with Crippen LogP contribution in [0.3, 0.4) is 0 Å². The summed E-state index contributed by atoms with van der Waals surface area (Å²) >= 11 is 0. The van der Waals surface area contributed by atoms with E-state index >= 15 is 0 Å². The van der Waals surface area contributed by atoms with Crippen molar-refractivity contribution in [1.82, 2.24) is 20.9 Å². The number of urea groups is 1. The van der Waals surface area contributed by atoms with Gasteiger partial charge < -0.3 is 14.9 Å². The highest BCUT2D eigenvalue weighted by Crippen LogP contribution is 1.87. The molecule has 2 amide bonds. The van der Waals surface area contributed by atoms with E-state index in [2.05, 4.69) is 24.8 Å². The molecule has 1 rings (SSSR count). The predicted molar refractivity (Wildman–Crippen MR) is 48.1 cm³/mol. The molecule has 0 aliphatic rings. The molecule has 0 fully saturated rings. The molecule has 0 aliphatic heterocycles. The number of hydroxylamine groups is 1. The fraction of sp³-hybridized carbons (Fsp3) is 0.429. The summed E-state index contributed by atoms with van der Waals surface area (Å²) < 4.78 is 4.48. The van der Waals surface area contributed by atoms with Crippen LogP contribution in [0.4, 0.5) is 4.79 Å². The van der Waals surface area contributed by atoms with Crippen LogP contribution in [0.1, 0.15) is 5.82 Å². The number of carboxylic acid groups (broad SMARTS) is 1. The first-order chi connectivity index (χ1) is 7.68. The van der Waals surface area contributed by atoms with Gasteiger partial charge in [-0.2, -0.15) is 4.98 Å². The number of aliphatic carboxylic acids is 1. The van der Waals surface area contributed by atoms with Gasteiger partial charge in [-0.05, 0) is 0 Å². The highest BCUT2D eigenvalue weighted by Gasteiger charge is 2.03. The van der Waals surface area contributed by atoms with Gasteiger partial charge in [-0.1, -0.05) is 5.16 Å². The normalized spacial score (nSPS) is 9.75. The number of carboxylic acids is 1. The van der Waals surface area contributed by atoms with Crippen LogP contribution in [0.2, 0.25) is 0 Å². The first-order valence-electron chi connectivity index (χ1n) is 4.31. The summed E-state index contributed by atoms with van der Waals surface area (Å²) in [4.78, 5) is 29.0. The quantitative estimate of drug-likeness (QED) is 0.531. The van der Waals surface area contributed by atoms with Crippen LogP contribution in [0.15, 0.2) is 10.9 Å². The van der Waals surface area contributed by atoms with Crippen molar-refractivity contribution in [3.63, 3.8) is 0 Å². The number of rotatable bonds is 6. The predicted octanol–water partition coefficient (Wildman–Crippen LogP) is -1.07. The lowest BCUT2D eigenvalue weighted by Gasteiger charge is -2.04. The van der Waals surface area contributed by atoms with Gasteiger partial charge in [0, 0.05) is 13.0 Å². The number of nitrogens with one attached hydrogen (secondary N) is 2. The van der Waals surface area contributed by atoms with Gasteiger partial charge in [-0.25, -0.2) is 15.1 Å². The zero-order valence-electron chi connectivity index (χ0n) is 8.17. The maximum atomic E-state index is 10.9. The molecule has 0 spiro atoms. The zero-order valence-corrected chi connectivity index (χ0v) is 8.17. The molecule has 3 N–H and O–H groups in total. The topological polar surface area (TPSA) is 127 Å². The monoisotopic (exact) mass is 230 g/mol. The summed E-state index contributed by atoms with van der Waals surface area (Å²) in [7, 11) is 0. The zero-order chi connectivity index (χ0) is 11.8. The van der Waals surface area contributed by atoms with Crippen LogP contribution in [-0.2, 0) is 16.1 Å². The van der Waals surface area contributed by atoms with Gasteiger partial charge in [0.15, 0.2) is 12.4 Å². The Hall–Kier alpha value is -2.16. The Bertz CT molecular complexity index is 339. The molecule has 0 saturated heterocycles. The number of nitrogens with zero attached hydrogens (tertiary/aromatic N) is 2. The van der Waals surface area contributed by atoms with Crippen LogP contribution in [0.25, 0.3) is 0 Å². The lowest BCUT2D eigenvalue weighted by Crippen LogP contribution is -2.37. The third kappa shape index (κ3) is 4.91. The summed E-state index contributed by atoms with van der Waals surface area (Å²) in [5.74, 6) is -0.709. The van der Waals surface area contributed by atoms with Crippen LogP contribution < -0.4 is 10.8 Å². The Morgan fingerprint density at radius 3 is 3.00 bits per heavy atom. The van der Waals surface area contributed by atoms with E-state index in [1.54, 1.807) is 0 Å². The fourth-order valence-electron chi connectivity index (χ4n) is 0.790. The van der Waals surface area contributed by atoms with Gasteiger partial charge in [-0.15, -0.1) is 0 Å². The third-order valence-electron chi connectivity index (χ3n) is 1.40. The Morgan fingerprint density at radius 2 is 2.38 bits per heavy atom. The second-order valence-electron chi connectivity index (χ2n) is 2.64. The van der Waals surface area contributed by atoms with Crippen LogP contribution in [0, 0.1) is 0 Å². The molecule has 0 unspecified atom stereocenters. The van der Waals surface area contributed by atoms with Crippen molar-refractivity contribution in [2.24, 2.45) is 0 Å². The van der Waals surface area contributed by atoms with E-state index in [-0.39, 0.29) is 6.54 Å². The lowest BCUT2D eigenvalue weighted by atomic mass is 10.4. The lowest BCUT2D eigenvalue weighted by molar-refractivity contribution is -0.144. The summed E-state index contributed by atoms with van der Waals surface area (Å²) in [6.45, 7) is -0.319. The second-order valence-corrected chi connectivity index (χ2v) is 2.64. The van der Waals surface area contributed by atoms with E-state index in [1.807, 2.05) is 5.48 Å². The maximum absolute atomic E-state index is 10.9. The molecule has 0 bridgehead atoms. The minimum atomic E-state index is -1.17. The van der Waals surface area contributed by atoms with Crippen LogP contribution in [0.5, 0.6) is 0 Å². The standard InChI is InChI=1S/C7H10N4O5/c12-6(13)3-15-11-7(14)8-2-1-5-9-4-16-10-5/h4H,1-3H2,(H,12,13)(H2,8,11,14). The van der Waals surface area contributed by atoms with E-state index in [9.17, 15) is 9.59 Å². The van der Waals surface area contributed by atoms with E-state index in [4.69, 9.17) is 5.11 Å². The van der Waals surface area contributed by atoms with Gasteiger partial charge in [0.05, 0.1) is 0 Å². The molecule has 88 valence electrons. The number of carbonyl (C=O) groups is 2. The van der Waals surface area contributed by atoms with Gasteiger partial charge >= 0.3 is 12.0 Å². The smallest absolute Gasteiger partial charge is 0.338 e. The van der Waals surface area contributed by atoms with Crippen LogP contribution in [-0.4, -0.2) is 40.4 Å². The van der Waals surface area contributed by atoms with E-state index in [0.717, 1.165) is 0 Å². The fourth-order valence-corrected chi connectivity index (χ4v) is 0.790. The van der Waals surface area contributed by atoms with Crippen molar-refractivity contribution < 1.29 is 24.1 Å². The Morgan fingerprint density at radius 1 is 1.56 bits per heavy atom. The molecule has 0 atom stereocenters. The molecule has 0 radical (unpaired) electrons. The molecular formula is C7H10N4O5. The summed E-state index contributed by atoms with van der Waals surface area (Å²) in [6, 6.07) is -0.634. The number of hydrogen-bond acceptors (Lipinski definition) is 6. The molecule has 0 aromatic carbocycles. The average molecular weight is 230 g/mol. The Labute approximate surface area is 89.7 Å². The average Bonchev–Trinajstić information content (AvgIpc) is 2.70. The van der Waals surface area contributed by atoms with Crippen molar-refractivity contribution in [2.75, 3.05) is 13.2 Å². The number of amides is 2. The first-order valence-corrected chi connectivity index (χ1v) is 4.31. The van der Waals surface area contributed by atoms with Gasteiger partial charge in [0.1, 0.15) is 0 Å². The summed E-state index contributed by atoms with van der Waals surface area (Å²) in [5, 5.41) is 14.1. The van der Waals surface area contributed by atoms with Crippen LogP contribution >= 0.6 is 0 Å². The minimum Gasteiger partial charge on any atom is -0.479 e. The highest BCUT2D eigenvalue weighted by molar-refractivity contribution is 5.73. The molecular weight excluding hydrogens is 220 g/mol. The molecule has 16 heavy (non-hydrogen) atoms. The molecule has 1 aromatic rings. The maximum Gasteiger partial charge on any atom is 0.338 e. The summed E-state index contributed by atoms with van der Waals surface area (Å²) in [5.41, 5.74) is 1.90. The van der Waals surface area contributed by atoms with Crippen molar-refractivity contribution in [3.8, 4) is 0 Å². The van der Waals surface area contributed by atoms with E-state index < -0.39 is 18.6 Å². The SMILES string of the molecule is O=C(O)CONC(=O)NCCc1ncon1. The van der Waals surface area contributed by atoms with Crippen molar-refractivity contribution in [2.45, 2.75) is 6.42 Å². The van der Waals surface area contributed by atoms with Crippen molar-refractivity contribution in [1.29, 1.82) is 0 Å².